The second-order valence-corrected chi connectivity index (χ2v) is 6.91. The quantitative estimate of drug-likeness (QED) is 0.817. The van der Waals surface area contributed by atoms with E-state index in [1.54, 1.807) is 12.1 Å². The molecule has 0 aromatic heterocycles. The lowest BCUT2D eigenvalue weighted by Crippen LogP contribution is -2.31. The van der Waals surface area contributed by atoms with Crippen LogP contribution in [0.15, 0.2) is 29.2 Å². The average molecular weight is 282 g/mol. The van der Waals surface area contributed by atoms with Crippen molar-refractivity contribution in [1.82, 2.24) is 5.32 Å². The highest BCUT2D eigenvalue weighted by atomic mass is 32.2. The molecule has 1 aliphatic rings. The minimum atomic E-state index is -3.17. The van der Waals surface area contributed by atoms with Gasteiger partial charge in [0.05, 0.1) is 11.4 Å². The summed E-state index contributed by atoms with van der Waals surface area (Å²) in [6, 6.07) is 6.37. The third-order valence-corrected chi connectivity index (χ3v) is 4.15. The molecule has 0 unspecified atom stereocenters. The first-order valence-electron chi connectivity index (χ1n) is 6.26. The molecule has 6 heteroatoms. The van der Waals surface area contributed by atoms with Gasteiger partial charge in [-0.2, -0.15) is 0 Å². The Kier molecular flexibility index (Phi) is 4.09. The zero-order chi connectivity index (χ0) is 13.9. The van der Waals surface area contributed by atoms with Crippen molar-refractivity contribution >= 4 is 21.4 Å². The van der Waals surface area contributed by atoms with Gasteiger partial charge in [0.1, 0.15) is 0 Å². The molecule has 1 saturated carbocycles. The molecule has 0 radical (unpaired) electrons. The highest BCUT2D eigenvalue weighted by molar-refractivity contribution is 7.90. The molecule has 0 aliphatic heterocycles. The van der Waals surface area contributed by atoms with Gasteiger partial charge >= 0.3 is 0 Å². The third kappa shape index (κ3) is 4.55. The molecule has 0 bridgehead atoms. The van der Waals surface area contributed by atoms with E-state index in [0.717, 1.165) is 12.2 Å². The minimum Gasteiger partial charge on any atom is -0.376 e. The van der Waals surface area contributed by atoms with Crippen molar-refractivity contribution in [3.05, 3.63) is 24.3 Å². The summed E-state index contributed by atoms with van der Waals surface area (Å²) < 4.78 is 22.6. The largest absolute Gasteiger partial charge is 0.376 e. The van der Waals surface area contributed by atoms with Crippen LogP contribution < -0.4 is 10.6 Å². The molecule has 1 aromatic rings. The molecular weight excluding hydrogens is 264 g/mol. The smallest absolute Gasteiger partial charge is 0.239 e. The van der Waals surface area contributed by atoms with E-state index in [-0.39, 0.29) is 17.3 Å². The van der Waals surface area contributed by atoms with E-state index < -0.39 is 9.84 Å². The van der Waals surface area contributed by atoms with Crippen LogP contribution in [0.2, 0.25) is 0 Å². The number of benzene rings is 1. The SMILES string of the molecule is CS(=O)(=O)c1ccc(NCC(=O)NCC2CC2)cc1. The molecule has 0 saturated heterocycles. The first-order valence-corrected chi connectivity index (χ1v) is 8.15. The summed E-state index contributed by atoms with van der Waals surface area (Å²) in [5, 5.41) is 5.81. The van der Waals surface area contributed by atoms with Crippen LogP contribution in [0.3, 0.4) is 0 Å². The van der Waals surface area contributed by atoms with Crippen molar-refractivity contribution in [3.8, 4) is 0 Å². The summed E-state index contributed by atoms with van der Waals surface area (Å²) in [5.74, 6) is 0.622. The van der Waals surface area contributed by atoms with Gasteiger partial charge in [-0.25, -0.2) is 8.42 Å². The Morgan fingerprint density at radius 3 is 2.42 bits per heavy atom. The van der Waals surface area contributed by atoms with E-state index in [9.17, 15) is 13.2 Å². The fourth-order valence-electron chi connectivity index (χ4n) is 1.64. The van der Waals surface area contributed by atoms with Crippen LogP contribution in [0.1, 0.15) is 12.8 Å². The standard InChI is InChI=1S/C13H18N2O3S/c1-19(17,18)12-6-4-11(5-7-12)14-9-13(16)15-8-10-2-3-10/h4-7,10,14H,2-3,8-9H2,1H3,(H,15,16). The fourth-order valence-corrected chi connectivity index (χ4v) is 2.28. The Bertz CT molecular complexity index is 548. The summed E-state index contributed by atoms with van der Waals surface area (Å²) >= 11 is 0. The van der Waals surface area contributed by atoms with E-state index in [1.807, 2.05) is 0 Å². The molecule has 104 valence electrons. The van der Waals surface area contributed by atoms with Crippen molar-refractivity contribution in [3.63, 3.8) is 0 Å². The lowest BCUT2D eigenvalue weighted by atomic mass is 10.3. The summed E-state index contributed by atoms with van der Waals surface area (Å²) in [5.41, 5.74) is 0.731. The van der Waals surface area contributed by atoms with E-state index in [2.05, 4.69) is 10.6 Å². The fraction of sp³-hybridized carbons (Fsp3) is 0.462. The molecule has 1 aromatic carbocycles. The lowest BCUT2D eigenvalue weighted by Gasteiger charge is -2.07. The molecular formula is C13H18N2O3S. The van der Waals surface area contributed by atoms with Crippen molar-refractivity contribution in [2.75, 3.05) is 24.7 Å². The number of nitrogens with one attached hydrogen (secondary N) is 2. The van der Waals surface area contributed by atoms with Gasteiger partial charge in [-0.3, -0.25) is 4.79 Å². The molecule has 2 rings (SSSR count). The van der Waals surface area contributed by atoms with E-state index in [1.165, 1.54) is 31.2 Å². The second kappa shape index (κ2) is 5.61. The Labute approximate surface area is 113 Å². The predicted octanol–water partition coefficient (Wildman–Crippen LogP) is 1.03. The minimum absolute atomic E-state index is 0.0425. The van der Waals surface area contributed by atoms with Crippen molar-refractivity contribution < 1.29 is 13.2 Å². The molecule has 0 atom stereocenters. The van der Waals surface area contributed by atoms with Gasteiger partial charge in [0.15, 0.2) is 9.84 Å². The van der Waals surface area contributed by atoms with Crippen LogP contribution in [0.25, 0.3) is 0 Å². The lowest BCUT2D eigenvalue weighted by molar-refractivity contribution is -0.119. The van der Waals surface area contributed by atoms with Gasteiger partial charge in [0.2, 0.25) is 5.91 Å². The summed E-state index contributed by atoms with van der Waals surface area (Å²) in [6.07, 6.45) is 3.59. The number of amides is 1. The monoisotopic (exact) mass is 282 g/mol. The van der Waals surface area contributed by atoms with Gasteiger partial charge in [0, 0.05) is 18.5 Å². The van der Waals surface area contributed by atoms with Gasteiger partial charge in [-0.1, -0.05) is 0 Å². The third-order valence-electron chi connectivity index (χ3n) is 3.02. The molecule has 19 heavy (non-hydrogen) atoms. The van der Waals surface area contributed by atoms with Crippen LogP contribution in [-0.4, -0.2) is 33.7 Å². The number of carbonyl (C=O) groups is 1. The number of hydrogen-bond donors (Lipinski definition) is 2. The van der Waals surface area contributed by atoms with Crippen LogP contribution in [-0.2, 0) is 14.6 Å². The first kappa shape index (κ1) is 13.9. The summed E-state index contributed by atoms with van der Waals surface area (Å²) in [6.45, 7) is 0.957. The highest BCUT2D eigenvalue weighted by Gasteiger charge is 2.21. The molecule has 2 N–H and O–H groups in total. The van der Waals surface area contributed by atoms with E-state index in [0.29, 0.717) is 5.92 Å². The van der Waals surface area contributed by atoms with Crippen LogP contribution >= 0.6 is 0 Å². The zero-order valence-corrected chi connectivity index (χ0v) is 11.7. The van der Waals surface area contributed by atoms with Gasteiger partial charge in [0.25, 0.3) is 0 Å². The Balaban J connectivity index is 1.80. The number of anilines is 1. The van der Waals surface area contributed by atoms with Crippen LogP contribution in [0.4, 0.5) is 5.69 Å². The number of hydrogen-bond acceptors (Lipinski definition) is 4. The summed E-state index contributed by atoms with van der Waals surface area (Å²) in [4.78, 5) is 11.8. The second-order valence-electron chi connectivity index (χ2n) is 4.90. The number of rotatable bonds is 6. The molecule has 1 fully saturated rings. The Morgan fingerprint density at radius 2 is 1.89 bits per heavy atom. The summed E-state index contributed by atoms with van der Waals surface area (Å²) in [7, 11) is -3.17. The van der Waals surface area contributed by atoms with E-state index in [4.69, 9.17) is 0 Å². The van der Waals surface area contributed by atoms with Crippen LogP contribution in [0, 0.1) is 5.92 Å². The normalized spacial score (nSPS) is 15.0. The van der Waals surface area contributed by atoms with Gasteiger partial charge in [-0.15, -0.1) is 0 Å². The predicted molar refractivity (Wildman–Crippen MR) is 73.8 cm³/mol. The zero-order valence-electron chi connectivity index (χ0n) is 10.8. The average Bonchev–Trinajstić information content (AvgIpc) is 3.17. The highest BCUT2D eigenvalue weighted by Crippen LogP contribution is 2.27. The molecule has 1 amide bonds. The van der Waals surface area contributed by atoms with Gasteiger partial charge in [-0.05, 0) is 43.0 Å². The molecule has 0 spiro atoms. The van der Waals surface area contributed by atoms with Crippen LogP contribution in [0.5, 0.6) is 0 Å². The maximum atomic E-state index is 11.5. The number of carbonyl (C=O) groups excluding carboxylic acids is 1. The Hall–Kier alpha value is -1.56. The maximum Gasteiger partial charge on any atom is 0.239 e. The first-order chi connectivity index (χ1) is 8.95. The maximum absolute atomic E-state index is 11.5. The molecule has 0 heterocycles. The molecule has 1 aliphatic carbocycles. The van der Waals surface area contributed by atoms with Crippen molar-refractivity contribution in [1.29, 1.82) is 0 Å². The number of sulfone groups is 1. The van der Waals surface area contributed by atoms with Crippen molar-refractivity contribution in [2.45, 2.75) is 17.7 Å². The van der Waals surface area contributed by atoms with Crippen molar-refractivity contribution in [2.24, 2.45) is 5.92 Å². The Morgan fingerprint density at radius 1 is 1.26 bits per heavy atom. The van der Waals surface area contributed by atoms with Gasteiger partial charge < -0.3 is 10.6 Å². The topological polar surface area (TPSA) is 75.3 Å². The molecule has 5 nitrogen and oxygen atoms in total. The van der Waals surface area contributed by atoms with E-state index >= 15 is 0 Å².